The van der Waals surface area contributed by atoms with Gasteiger partial charge in [0.2, 0.25) is 0 Å². The van der Waals surface area contributed by atoms with Gasteiger partial charge in [-0.1, -0.05) is 32.3 Å². The molecule has 2 unspecified atom stereocenters. The van der Waals surface area contributed by atoms with E-state index in [4.69, 9.17) is 4.98 Å². The fraction of sp³-hybridized carbons (Fsp3) is 0.500. The molecule has 0 amide bonds. The van der Waals surface area contributed by atoms with Crippen LogP contribution >= 0.6 is 0 Å². The molecule has 1 aliphatic carbocycles. The minimum atomic E-state index is 0.331. The van der Waals surface area contributed by atoms with E-state index in [9.17, 15) is 5.11 Å². The Morgan fingerprint density at radius 1 is 1.24 bits per heavy atom. The Kier molecular flexibility index (Phi) is 3.02. The van der Waals surface area contributed by atoms with Crippen LogP contribution in [0.2, 0.25) is 0 Å². The minimum absolute atomic E-state index is 0.331. The van der Waals surface area contributed by atoms with Crippen LogP contribution in [0.25, 0.3) is 11.4 Å². The summed E-state index contributed by atoms with van der Waals surface area (Å²) < 4.78 is 2.28. The van der Waals surface area contributed by atoms with Crippen molar-refractivity contribution in [1.29, 1.82) is 0 Å². The molecule has 21 heavy (non-hydrogen) atoms. The number of aromatic hydroxyl groups is 1. The second-order valence-corrected chi connectivity index (χ2v) is 6.64. The summed E-state index contributed by atoms with van der Waals surface area (Å²) in [6.45, 7) is 3.36. The second kappa shape index (κ2) is 4.90. The molecule has 0 radical (unpaired) electrons. The average Bonchev–Trinajstić information content (AvgIpc) is 2.92. The van der Waals surface area contributed by atoms with Crippen molar-refractivity contribution in [3.8, 4) is 17.1 Å². The largest absolute Gasteiger partial charge is 0.508 e. The van der Waals surface area contributed by atoms with Crippen LogP contribution in [0.4, 0.5) is 0 Å². The lowest BCUT2D eigenvalue weighted by Crippen LogP contribution is -2.15. The number of phenols is 1. The van der Waals surface area contributed by atoms with Crippen molar-refractivity contribution >= 4 is 0 Å². The SMILES string of the molecule is CC1CCCCC1c1cn2c(n1)-c1cc(O)ccc1CC2. The lowest BCUT2D eigenvalue weighted by molar-refractivity contribution is 0.326. The molecular formula is C18H22N2O. The van der Waals surface area contributed by atoms with E-state index in [1.807, 2.05) is 12.1 Å². The van der Waals surface area contributed by atoms with Crippen molar-refractivity contribution in [2.24, 2.45) is 5.92 Å². The first-order valence-corrected chi connectivity index (χ1v) is 8.11. The number of imidazole rings is 1. The lowest BCUT2D eigenvalue weighted by Gasteiger charge is -2.27. The molecule has 3 heteroatoms. The van der Waals surface area contributed by atoms with Crippen molar-refractivity contribution in [2.75, 3.05) is 0 Å². The third kappa shape index (κ3) is 2.15. The summed E-state index contributed by atoms with van der Waals surface area (Å²) in [6, 6.07) is 5.68. The van der Waals surface area contributed by atoms with E-state index in [0.717, 1.165) is 30.3 Å². The summed E-state index contributed by atoms with van der Waals surface area (Å²) in [5, 5.41) is 9.77. The van der Waals surface area contributed by atoms with Gasteiger partial charge in [0.1, 0.15) is 11.6 Å². The monoisotopic (exact) mass is 282 g/mol. The van der Waals surface area contributed by atoms with Crippen LogP contribution in [0.5, 0.6) is 5.75 Å². The molecule has 1 aliphatic heterocycles. The van der Waals surface area contributed by atoms with Gasteiger partial charge in [0.05, 0.1) is 5.69 Å². The molecule has 2 aliphatic rings. The Morgan fingerprint density at radius 2 is 2.10 bits per heavy atom. The van der Waals surface area contributed by atoms with E-state index < -0.39 is 0 Å². The van der Waals surface area contributed by atoms with Crippen molar-refractivity contribution in [3.63, 3.8) is 0 Å². The fourth-order valence-electron chi connectivity index (χ4n) is 3.99. The number of fused-ring (bicyclic) bond motifs is 3. The zero-order valence-electron chi connectivity index (χ0n) is 12.5. The van der Waals surface area contributed by atoms with E-state index in [1.54, 1.807) is 6.07 Å². The van der Waals surface area contributed by atoms with E-state index >= 15 is 0 Å². The number of nitrogens with zero attached hydrogens (tertiary/aromatic N) is 2. The summed E-state index contributed by atoms with van der Waals surface area (Å²) in [5.41, 5.74) is 3.67. The maximum absolute atomic E-state index is 9.77. The number of hydrogen-bond donors (Lipinski definition) is 1. The molecule has 110 valence electrons. The number of aryl methyl sites for hydroxylation is 2. The summed E-state index contributed by atoms with van der Waals surface area (Å²) >= 11 is 0. The van der Waals surface area contributed by atoms with Gasteiger partial charge >= 0.3 is 0 Å². The smallest absolute Gasteiger partial charge is 0.140 e. The number of benzene rings is 1. The Balaban J connectivity index is 1.76. The Bertz CT molecular complexity index is 674. The number of aromatic nitrogens is 2. The molecule has 3 nitrogen and oxygen atoms in total. The normalized spacial score (nSPS) is 24.4. The molecule has 0 saturated heterocycles. The van der Waals surface area contributed by atoms with Gasteiger partial charge in [0.25, 0.3) is 0 Å². The highest BCUT2D eigenvalue weighted by Crippen LogP contribution is 2.39. The summed E-state index contributed by atoms with van der Waals surface area (Å²) in [7, 11) is 0. The second-order valence-electron chi connectivity index (χ2n) is 6.64. The molecule has 2 atom stereocenters. The van der Waals surface area contributed by atoms with E-state index in [-0.39, 0.29) is 0 Å². The predicted octanol–water partition coefficient (Wildman–Crippen LogP) is 4.11. The van der Waals surface area contributed by atoms with Crippen LogP contribution in [-0.2, 0) is 13.0 Å². The first-order valence-electron chi connectivity index (χ1n) is 8.11. The van der Waals surface area contributed by atoms with Crippen molar-refractivity contribution in [2.45, 2.75) is 51.5 Å². The average molecular weight is 282 g/mol. The van der Waals surface area contributed by atoms with Crippen LogP contribution in [-0.4, -0.2) is 14.7 Å². The summed E-state index contributed by atoms with van der Waals surface area (Å²) in [6.07, 6.45) is 8.57. The van der Waals surface area contributed by atoms with Crippen LogP contribution < -0.4 is 0 Å². The molecule has 1 aromatic heterocycles. The first-order chi connectivity index (χ1) is 10.2. The Hall–Kier alpha value is -1.77. The van der Waals surface area contributed by atoms with Gasteiger partial charge in [-0.2, -0.15) is 0 Å². The molecule has 0 bridgehead atoms. The van der Waals surface area contributed by atoms with Crippen molar-refractivity contribution < 1.29 is 5.11 Å². The molecule has 2 heterocycles. The third-order valence-corrected chi connectivity index (χ3v) is 5.24. The highest BCUT2D eigenvalue weighted by molar-refractivity contribution is 5.65. The number of phenolic OH excluding ortho intramolecular Hbond substituents is 1. The number of rotatable bonds is 1. The predicted molar refractivity (Wildman–Crippen MR) is 83.4 cm³/mol. The van der Waals surface area contributed by atoms with Gasteiger partial charge in [-0.05, 0) is 36.5 Å². The van der Waals surface area contributed by atoms with E-state index in [0.29, 0.717) is 11.7 Å². The molecule has 1 N–H and O–H groups in total. The molecule has 1 saturated carbocycles. The van der Waals surface area contributed by atoms with E-state index in [2.05, 4.69) is 17.7 Å². The van der Waals surface area contributed by atoms with Crippen molar-refractivity contribution in [1.82, 2.24) is 9.55 Å². The molecule has 1 fully saturated rings. The summed E-state index contributed by atoms with van der Waals surface area (Å²) in [5.74, 6) is 2.72. The zero-order valence-corrected chi connectivity index (χ0v) is 12.5. The minimum Gasteiger partial charge on any atom is -0.508 e. The zero-order chi connectivity index (χ0) is 14.4. The van der Waals surface area contributed by atoms with Crippen LogP contribution in [0.15, 0.2) is 24.4 Å². The van der Waals surface area contributed by atoms with Gasteiger partial charge in [0.15, 0.2) is 0 Å². The highest BCUT2D eigenvalue weighted by Gasteiger charge is 2.27. The molecular weight excluding hydrogens is 260 g/mol. The highest BCUT2D eigenvalue weighted by atomic mass is 16.3. The van der Waals surface area contributed by atoms with Gasteiger partial charge in [-0.25, -0.2) is 4.98 Å². The van der Waals surface area contributed by atoms with Gasteiger partial charge in [-0.15, -0.1) is 0 Å². The van der Waals surface area contributed by atoms with Crippen LogP contribution in [0.1, 0.15) is 49.8 Å². The molecule has 0 spiro atoms. The number of hydrogen-bond acceptors (Lipinski definition) is 2. The van der Waals surface area contributed by atoms with Gasteiger partial charge < -0.3 is 9.67 Å². The fourth-order valence-corrected chi connectivity index (χ4v) is 3.99. The van der Waals surface area contributed by atoms with Gasteiger partial charge in [0, 0.05) is 24.2 Å². The molecule has 4 rings (SSSR count). The standard InChI is InChI=1S/C18H22N2O/c1-12-4-2-3-5-15(12)17-11-20-9-8-13-6-7-14(21)10-16(13)18(20)19-17/h6-7,10-12,15,21H,2-5,8-9H2,1H3. The van der Waals surface area contributed by atoms with E-state index in [1.165, 1.54) is 36.9 Å². The quantitative estimate of drug-likeness (QED) is 0.855. The Morgan fingerprint density at radius 3 is 2.95 bits per heavy atom. The van der Waals surface area contributed by atoms with Crippen LogP contribution in [0.3, 0.4) is 0 Å². The maximum atomic E-state index is 9.77. The third-order valence-electron chi connectivity index (χ3n) is 5.24. The van der Waals surface area contributed by atoms with Gasteiger partial charge in [-0.3, -0.25) is 0 Å². The first kappa shape index (κ1) is 12.9. The summed E-state index contributed by atoms with van der Waals surface area (Å²) in [4.78, 5) is 4.96. The van der Waals surface area contributed by atoms with Crippen molar-refractivity contribution in [3.05, 3.63) is 35.7 Å². The van der Waals surface area contributed by atoms with Crippen LogP contribution in [0, 0.1) is 5.92 Å². The maximum Gasteiger partial charge on any atom is 0.140 e. The molecule has 1 aromatic carbocycles. The topological polar surface area (TPSA) is 38.0 Å². The Labute approximate surface area is 125 Å². The lowest BCUT2D eigenvalue weighted by atomic mass is 9.79. The molecule has 2 aromatic rings.